The normalized spacial score (nSPS) is 10.9. The van der Waals surface area contributed by atoms with Gasteiger partial charge in [-0.3, -0.25) is 0 Å². The third-order valence-electron chi connectivity index (χ3n) is 1.02. The van der Waals surface area contributed by atoms with Crippen molar-refractivity contribution in [3.05, 3.63) is 11.8 Å². The van der Waals surface area contributed by atoms with Crippen LogP contribution in [0.5, 0.6) is 0 Å². The first-order valence-electron chi connectivity index (χ1n) is 3.23. The van der Waals surface area contributed by atoms with Gasteiger partial charge in [0, 0.05) is 18.8 Å². The van der Waals surface area contributed by atoms with Crippen LogP contribution in [0.3, 0.4) is 0 Å². The summed E-state index contributed by atoms with van der Waals surface area (Å²) in [5, 5.41) is 2.81. The summed E-state index contributed by atoms with van der Waals surface area (Å²) in [6, 6.07) is 0. The van der Waals surface area contributed by atoms with Gasteiger partial charge in [0.25, 0.3) is 0 Å². The van der Waals surface area contributed by atoms with Crippen LogP contribution in [-0.2, 0) is 9.53 Å². The molecular weight excluding hydrogens is 130 g/mol. The van der Waals surface area contributed by atoms with Crippen LogP contribution in [0.15, 0.2) is 11.8 Å². The lowest BCUT2D eigenvalue weighted by Gasteiger charge is -1.98. The topological polar surface area (TPSA) is 38.3 Å². The molecule has 0 atom stereocenters. The number of allylic oxidation sites excluding steroid dienone is 1. The monoisotopic (exact) mass is 143 g/mol. The van der Waals surface area contributed by atoms with Crippen LogP contribution in [0, 0.1) is 0 Å². The van der Waals surface area contributed by atoms with Crippen molar-refractivity contribution in [1.82, 2.24) is 5.32 Å². The Kier molecular flexibility index (Phi) is 4.37. The smallest absolute Gasteiger partial charge is 0.332 e. The van der Waals surface area contributed by atoms with E-state index in [4.69, 9.17) is 0 Å². The first-order chi connectivity index (χ1) is 4.70. The average Bonchev–Trinajstić information content (AvgIpc) is 1.88. The number of ether oxygens (including phenoxy) is 1. The van der Waals surface area contributed by atoms with Crippen LogP contribution in [-0.4, -0.2) is 19.6 Å². The van der Waals surface area contributed by atoms with E-state index < -0.39 is 0 Å². The number of hydrogen-bond acceptors (Lipinski definition) is 3. The van der Waals surface area contributed by atoms with Crippen LogP contribution in [0.4, 0.5) is 0 Å². The highest BCUT2D eigenvalue weighted by Gasteiger charge is 1.94. The van der Waals surface area contributed by atoms with Gasteiger partial charge in [0.05, 0.1) is 6.61 Å². The van der Waals surface area contributed by atoms with Crippen molar-refractivity contribution in [2.45, 2.75) is 13.8 Å². The van der Waals surface area contributed by atoms with Gasteiger partial charge >= 0.3 is 5.97 Å². The molecule has 58 valence electrons. The van der Waals surface area contributed by atoms with Gasteiger partial charge in [-0.15, -0.1) is 0 Å². The molecular formula is C7H13NO2. The van der Waals surface area contributed by atoms with E-state index in [1.54, 1.807) is 20.9 Å². The molecule has 3 heteroatoms. The Hall–Kier alpha value is -0.990. The summed E-state index contributed by atoms with van der Waals surface area (Å²) in [6.07, 6.45) is 1.42. The van der Waals surface area contributed by atoms with Crippen LogP contribution in [0.2, 0.25) is 0 Å². The average molecular weight is 143 g/mol. The Morgan fingerprint density at radius 2 is 2.30 bits per heavy atom. The van der Waals surface area contributed by atoms with Gasteiger partial charge in [-0.2, -0.15) is 0 Å². The van der Waals surface area contributed by atoms with E-state index >= 15 is 0 Å². The van der Waals surface area contributed by atoms with Crippen LogP contribution >= 0.6 is 0 Å². The van der Waals surface area contributed by atoms with E-state index in [1.165, 1.54) is 6.08 Å². The molecule has 0 radical (unpaired) electrons. The van der Waals surface area contributed by atoms with Crippen molar-refractivity contribution < 1.29 is 9.53 Å². The molecule has 0 aromatic heterocycles. The molecule has 0 aromatic rings. The second-order valence-corrected chi connectivity index (χ2v) is 1.83. The van der Waals surface area contributed by atoms with Gasteiger partial charge in [-0.25, -0.2) is 4.79 Å². The first-order valence-corrected chi connectivity index (χ1v) is 3.23. The summed E-state index contributed by atoms with van der Waals surface area (Å²) in [5.41, 5.74) is 0.804. The number of rotatable bonds is 3. The summed E-state index contributed by atoms with van der Waals surface area (Å²) in [5.74, 6) is -0.297. The number of carbonyl (C=O) groups excluding carboxylic acids is 1. The fourth-order valence-corrected chi connectivity index (χ4v) is 0.433. The molecule has 0 saturated heterocycles. The van der Waals surface area contributed by atoms with E-state index in [0.717, 1.165) is 5.70 Å². The lowest BCUT2D eigenvalue weighted by molar-refractivity contribution is -0.137. The minimum Gasteiger partial charge on any atom is -0.463 e. The van der Waals surface area contributed by atoms with Gasteiger partial charge in [0.2, 0.25) is 0 Å². The van der Waals surface area contributed by atoms with Crippen molar-refractivity contribution >= 4 is 5.97 Å². The highest BCUT2D eigenvalue weighted by molar-refractivity contribution is 5.82. The Balaban J connectivity index is 3.75. The molecule has 0 aliphatic rings. The second-order valence-electron chi connectivity index (χ2n) is 1.83. The minimum absolute atomic E-state index is 0.297. The van der Waals surface area contributed by atoms with Crippen LogP contribution in [0.25, 0.3) is 0 Å². The Labute approximate surface area is 61.1 Å². The molecule has 0 aromatic carbocycles. The van der Waals surface area contributed by atoms with E-state index in [2.05, 4.69) is 10.1 Å². The zero-order valence-electron chi connectivity index (χ0n) is 6.60. The summed E-state index contributed by atoms with van der Waals surface area (Å²) in [4.78, 5) is 10.7. The first kappa shape index (κ1) is 9.01. The maximum absolute atomic E-state index is 10.7. The number of nitrogens with one attached hydrogen (secondary N) is 1. The molecule has 0 heterocycles. The lowest BCUT2D eigenvalue weighted by Crippen LogP contribution is -2.07. The molecule has 0 bridgehead atoms. The largest absolute Gasteiger partial charge is 0.463 e. The molecule has 0 fully saturated rings. The summed E-state index contributed by atoms with van der Waals surface area (Å²) >= 11 is 0. The predicted octanol–water partition coefficient (Wildman–Crippen LogP) is 0.673. The molecule has 0 aliphatic carbocycles. The summed E-state index contributed by atoms with van der Waals surface area (Å²) < 4.78 is 4.66. The predicted molar refractivity (Wildman–Crippen MR) is 39.4 cm³/mol. The van der Waals surface area contributed by atoms with Gasteiger partial charge < -0.3 is 10.1 Å². The maximum atomic E-state index is 10.7. The molecule has 0 spiro atoms. The minimum atomic E-state index is -0.297. The molecule has 10 heavy (non-hydrogen) atoms. The van der Waals surface area contributed by atoms with Gasteiger partial charge in [0.1, 0.15) is 0 Å². The highest BCUT2D eigenvalue weighted by Crippen LogP contribution is 1.86. The highest BCUT2D eigenvalue weighted by atomic mass is 16.5. The van der Waals surface area contributed by atoms with E-state index in [0.29, 0.717) is 6.61 Å². The molecule has 1 N–H and O–H groups in total. The van der Waals surface area contributed by atoms with Crippen molar-refractivity contribution in [1.29, 1.82) is 0 Å². The zero-order chi connectivity index (χ0) is 7.98. The maximum Gasteiger partial charge on any atom is 0.332 e. The van der Waals surface area contributed by atoms with Crippen molar-refractivity contribution in [3.8, 4) is 0 Å². The fraction of sp³-hybridized carbons (Fsp3) is 0.571. The number of carbonyl (C=O) groups is 1. The van der Waals surface area contributed by atoms with Gasteiger partial charge in [0.15, 0.2) is 0 Å². The lowest BCUT2D eigenvalue weighted by atomic mass is 10.4. The summed E-state index contributed by atoms with van der Waals surface area (Å²) in [6.45, 7) is 4.00. The van der Waals surface area contributed by atoms with Crippen molar-refractivity contribution in [2.75, 3.05) is 13.7 Å². The van der Waals surface area contributed by atoms with Crippen molar-refractivity contribution in [2.24, 2.45) is 0 Å². The molecule has 0 unspecified atom stereocenters. The zero-order valence-corrected chi connectivity index (χ0v) is 6.60. The Morgan fingerprint density at radius 3 is 2.70 bits per heavy atom. The van der Waals surface area contributed by atoms with Crippen molar-refractivity contribution in [3.63, 3.8) is 0 Å². The molecule has 3 nitrogen and oxygen atoms in total. The van der Waals surface area contributed by atoms with E-state index in [9.17, 15) is 4.79 Å². The number of esters is 1. The third kappa shape index (κ3) is 3.95. The number of hydrogen-bond donors (Lipinski definition) is 1. The standard InChI is InChI=1S/C7H13NO2/c1-4-10-7(9)5-6(2)8-3/h5,8H,4H2,1-3H3. The van der Waals surface area contributed by atoms with Gasteiger partial charge in [-0.05, 0) is 13.8 Å². The van der Waals surface area contributed by atoms with E-state index in [-0.39, 0.29) is 5.97 Å². The van der Waals surface area contributed by atoms with E-state index in [1.807, 2.05) is 0 Å². The Morgan fingerprint density at radius 1 is 1.70 bits per heavy atom. The quantitative estimate of drug-likeness (QED) is 0.466. The van der Waals surface area contributed by atoms with Gasteiger partial charge in [-0.1, -0.05) is 0 Å². The molecule has 0 saturated carbocycles. The fourth-order valence-electron chi connectivity index (χ4n) is 0.433. The van der Waals surface area contributed by atoms with Crippen LogP contribution < -0.4 is 5.32 Å². The SMILES string of the molecule is CCOC(=O)C=C(C)NC. The molecule has 0 aliphatic heterocycles. The molecule has 0 rings (SSSR count). The second kappa shape index (κ2) is 4.85. The Bertz CT molecular complexity index is 141. The van der Waals surface area contributed by atoms with Crippen LogP contribution in [0.1, 0.15) is 13.8 Å². The summed E-state index contributed by atoms with van der Waals surface area (Å²) in [7, 11) is 1.76. The third-order valence-corrected chi connectivity index (χ3v) is 1.02. The molecule has 0 amide bonds.